The van der Waals surface area contributed by atoms with E-state index in [1.165, 1.54) is 19.1 Å². The van der Waals surface area contributed by atoms with Crippen LogP contribution in [0.5, 0.6) is 5.75 Å². The SMILES string of the molecule is CC(=O)c1ccc(OC(F)(F)F)cc1I. The van der Waals surface area contributed by atoms with Gasteiger partial charge >= 0.3 is 6.36 Å². The predicted octanol–water partition coefficient (Wildman–Crippen LogP) is 3.39. The average Bonchev–Trinajstić information content (AvgIpc) is 1.99. The van der Waals surface area contributed by atoms with Crippen LogP contribution in [0.1, 0.15) is 17.3 Å². The van der Waals surface area contributed by atoms with E-state index in [0.717, 1.165) is 6.07 Å². The van der Waals surface area contributed by atoms with Gasteiger partial charge in [-0.3, -0.25) is 4.79 Å². The highest BCUT2D eigenvalue weighted by Gasteiger charge is 2.31. The molecule has 6 heteroatoms. The van der Waals surface area contributed by atoms with Gasteiger partial charge in [0.15, 0.2) is 5.78 Å². The lowest BCUT2D eigenvalue weighted by atomic mass is 10.1. The van der Waals surface area contributed by atoms with Crippen molar-refractivity contribution in [3.63, 3.8) is 0 Å². The van der Waals surface area contributed by atoms with Crippen molar-refractivity contribution in [1.29, 1.82) is 0 Å². The zero-order valence-electron chi connectivity index (χ0n) is 7.56. The zero-order valence-corrected chi connectivity index (χ0v) is 9.72. The molecule has 15 heavy (non-hydrogen) atoms. The highest BCUT2D eigenvalue weighted by molar-refractivity contribution is 14.1. The van der Waals surface area contributed by atoms with Crippen LogP contribution in [0.3, 0.4) is 0 Å². The first-order valence-electron chi connectivity index (χ1n) is 3.86. The number of hydrogen-bond donors (Lipinski definition) is 0. The number of carbonyl (C=O) groups excluding carboxylic acids is 1. The van der Waals surface area contributed by atoms with Gasteiger partial charge in [-0.15, -0.1) is 13.2 Å². The van der Waals surface area contributed by atoms with E-state index < -0.39 is 6.36 Å². The van der Waals surface area contributed by atoms with Gasteiger partial charge in [0.25, 0.3) is 0 Å². The molecule has 0 fully saturated rings. The van der Waals surface area contributed by atoms with Crippen molar-refractivity contribution in [2.45, 2.75) is 13.3 Å². The molecule has 0 unspecified atom stereocenters. The number of rotatable bonds is 2. The standard InChI is InChI=1S/C9H6F3IO2/c1-5(14)7-3-2-6(4-8(7)13)15-9(10,11)12/h2-4H,1H3. The Morgan fingerprint density at radius 2 is 2.00 bits per heavy atom. The Labute approximate surface area is 97.6 Å². The minimum absolute atomic E-state index is 0.196. The van der Waals surface area contributed by atoms with Crippen molar-refractivity contribution in [3.05, 3.63) is 27.3 Å². The van der Waals surface area contributed by atoms with Crippen LogP contribution >= 0.6 is 22.6 Å². The molecule has 0 atom stereocenters. The van der Waals surface area contributed by atoms with Crippen LogP contribution < -0.4 is 4.74 Å². The van der Waals surface area contributed by atoms with Gasteiger partial charge < -0.3 is 4.74 Å². The minimum Gasteiger partial charge on any atom is -0.406 e. The molecular weight excluding hydrogens is 324 g/mol. The maximum absolute atomic E-state index is 11.8. The number of ketones is 1. The molecule has 0 aliphatic heterocycles. The van der Waals surface area contributed by atoms with E-state index in [9.17, 15) is 18.0 Å². The number of halogens is 4. The van der Waals surface area contributed by atoms with Gasteiger partial charge in [0.05, 0.1) is 0 Å². The van der Waals surface area contributed by atoms with Crippen molar-refractivity contribution >= 4 is 28.4 Å². The van der Waals surface area contributed by atoms with Crippen LogP contribution in [0.25, 0.3) is 0 Å². The first-order valence-corrected chi connectivity index (χ1v) is 4.94. The van der Waals surface area contributed by atoms with Crippen molar-refractivity contribution in [2.75, 3.05) is 0 Å². The molecule has 0 radical (unpaired) electrons. The predicted molar refractivity (Wildman–Crippen MR) is 55.8 cm³/mol. The number of alkyl halides is 3. The molecule has 0 amide bonds. The molecule has 0 bridgehead atoms. The maximum Gasteiger partial charge on any atom is 0.573 e. The summed E-state index contributed by atoms with van der Waals surface area (Å²) in [6.07, 6.45) is -4.71. The molecule has 1 rings (SSSR count). The summed E-state index contributed by atoms with van der Waals surface area (Å²) in [7, 11) is 0. The molecule has 82 valence electrons. The third-order valence-electron chi connectivity index (χ3n) is 1.55. The van der Waals surface area contributed by atoms with E-state index >= 15 is 0 Å². The third kappa shape index (κ3) is 3.69. The number of benzene rings is 1. The second-order valence-electron chi connectivity index (χ2n) is 2.75. The van der Waals surface area contributed by atoms with Crippen molar-refractivity contribution in [1.82, 2.24) is 0 Å². The summed E-state index contributed by atoms with van der Waals surface area (Å²) in [5.41, 5.74) is 0.380. The highest BCUT2D eigenvalue weighted by atomic mass is 127. The largest absolute Gasteiger partial charge is 0.573 e. The van der Waals surface area contributed by atoms with Crippen LogP contribution in [-0.2, 0) is 0 Å². The van der Waals surface area contributed by atoms with Gasteiger partial charge in [0.1, 0.15) is 5.75 Å². The summed E-state index contributed by atoms with van der Waals surface area (Å²) in [5.74, 6) is -0.519. The summed E-state index contributed by atoms with van der Waals surface area (Å²) in [5, 5.41) is 0. The van der Waals surface area contributed by atoms with E-state index in [-0.39, 0.29) is 11.5 Å². The first kappa shape index (κ1) is 12.3. The highest BCUT2D eigenvalue weighted by Crippen LogP contribution is 2.25. The fourth-order valence-corrected chi connectivity index (χ4v) is 1.84. The first-order chi connectivity index (χ1) is 6.79. The number of Topliss-reactive ketones (excluding diaryl/α,β-unsaturated/α-hetero) is 1. The van der Waals surface area contributed by atoms with Crippen LogP contribution in [0.2, 0.25) is 0 Å². The summed E-state index contributed by atoms with van der Waals surface area (Å²) >= 11 is 1.78. The molecule has 0 saturated carbocycles. The van der Waals surface area contributed by atoms with Gasteiger partial charge in [-0.25, -0.2) is 0 Å². The van der Waals surface area contributed by atoms with E-state index in [1.54, 1.807) is 22.6 Å². The van der Waals surface area contributed by atoms with Gasteiger partial charge in [-0.1, -0.05) is 0 Å². The van der Waals surface area contributed by atoms with Gasteiger partial charge in [0, 0.05) is 9.13 Å². The average molecular weight is 330 g/mol. The molecule has 0 aromatic heterocycles. The Kier molecular flexibility index (Phi) is 3.58. The van der Waals surface area contributed by atoms with E-state index in [1.807, 2.05) is 0 Å². The van der Waals surface area contributed by atoms with Crippen LogP contribution in [0.15, 0.2) is 18.2 Å². The van der Waals surface area contributed by atoms with Crippen LogP contribution in [0.4, 0.5) is 13.2 Å². The molecule has 0 saturated heterocycles. The lowest BCUT2D eigenvalue weighted by Crippen LogP contribution is -2.17. The van der Waals surface area contributed by atoms with Gasteiger partial charge in [0.2, 0.25) is 0 Å². The Balaban J connectivity index is 2.97. The number of hydrogen-bond acceptors (Lipinski definition) is 2. The monoisotopic (exact) mass is 330 g/mol. The maximum atomic E-state index is 11.8. The summed E-state index contributed by atoms with van der Waals surface area (Å²) in [4.78, 5) is 11.0. The molecule has 0 aliphatic carbocycles. The van der Waals surface area contributed by atoms with Gasteiger partial charge in [-0.05, 0) is 47.7 Å². The summed E-state index contributed by atoms with van der Waals surface area (Å²) < 4.78 is 39.7. The number of carbonyl (C=O) groups is 1. The van der Waals surface area contributed by atoms with Crippen LogP contribution in [0, 0.1) is 3.57 Å². The summed E-state index contributed by atoms with van der Waals surface area (Å²) in [6.45, 7) is 1.35. The molecule has 2 nitrogen and oxygen atoms in total. The van der Waals surface area contributed by atoms with Crippen molar-refractivity contribution in [3.8, 4) is 5.75 Å². The lowest BCUT2D eigenvalue weighted by Gasteiger charge is -2.09. The second-order valence-corrected chi connectivity index (χ2v) is 3.91. The van der Waals surface area contributed by atoms with Crippen molar-refractivity contribution in [2.24, 2.45) is 0 Å². The normalized spacial score (nSPS) is 11.3. The minimum atomic E-state index is -4.71. The number of ether oxygens (including phenoxy) is 1. The van der Waals surface area contributed by atoms with Gasteiger partial charge in [-0.2, -0.15) is 0 Å². The molecular formula is C9H6F3IO2. The molecule has 0 N–H and O–H groups in total. The third-order valence-corrected chi connectivity index (χ3v) is 2.45. The fraction of sp³-hybridized carbons (Fsp3) is 0.222. The van der Waals surface area contributed by atoms with E-state index in [4.69, 9.17) is 0 Å². The Hall–Kier alpha value is -0.790. The Morgan fingerprint density at radius 3 is 2.40 bits per heavy atom. The molecule has 1 aromatic carbocycles. The van der Waals surface area contributed by atoms with Crippen LogP contribution in [-0.4, -0.2) is 12.1 Å². The lowest BCUT2D eigenvalue weighted by molar-refractivity contribution is -0.274. The summed E-state index contributed by atoms with van der Waals surface area (Å²) in [6, 6.07) is 3.60. The smallest absolute Gasteiger partial charge is 0.406 e. The van der Waals surface area contributed by atoms with E-state index in [2.05, 4.69) is 4.74 Å². The molecule has 1 aromatic rings. The Morgan fingerprint density at radius 1 is 1.40 bits per heavy atom. The topological polar surface area (TPSA) is 26.3 Å². The van der Waals surface area contributed by atoms with Crippen molar-refractivity contribution < 1.29 is 22.7 Å². The second kappa shape index (κ2) is 4.38. The molecule has 0 aliphatic rings. The van der Waals surface area contributed by atoms with E-state index in [0.29, 0.717) is 9.13 Å². The quantitative estimate of drug-likeness (QED) is 0.614. The zero-order chi connectivity index (χ0) is 11.6. The molecule has 0 spiro atoms. The Bertz CT molecular complexity index is 387. The molecule has 0 heterocycles. The fourth-order valence-electron chi connectivity index (χ4n) is 0.978.